The van der Waals surface area contributed by atoms with Gasteiger partial charge in [0.05, 0.1) is 23.8 Å². The summed E-state index contributed by atoms with van der Waals surface area (Å²) in [5, 5.41) is 8.73. The highest BCUT2D eigenvalue weighted by molar-refractivity contribution is 7.90. The molecule has 0 unspecified atom stereocenters. The zero-order valence-electron chi connectivity index (χ0n) is 14.1. The Labute approximate surface area is 152 Å². The molecule has 1 fully saturated rings. The number of hydrogen-bond donors (Lipinski definition) is 1. The van der Waals surface area contributed by atoms with E-state index in [1.807, 2.05) is 0 Å². The molecule has 0 spiro atoms. The van der Waals surface area contributed by atoms with Gasteiger partial charge in [-0.25, -0.2) is 17.2 Å². The van der Waals surface area contributed by atoms with Crippen molar-refractivity contribution in [2.45, 2.75) is 11.4 Å². The first-order valence-electron chi connectivity index (χ1n) is 8.20. The van der Waals surface area contributed by atoms with Gasteiger partial charge in [-0.05, 0) is 35.9 Å². The number of hydrogen-bond acceptors (Lipinski definition) is 5. The molecule has 1 aromatic carbocycles. The maximum atomic E-state index is 12.8. The van der Waals surface area contributed by atoms with Crippen LogP contribution in [0.25, 0.3) is 6.08 Å². The van der Waals surface area contributed by atoms with Gasteiger partial charge in [0.15, 0.2) is 0 Å². The van der Waals surface area contributed by atoms with Crippen molar-refractivity contribution in [2.75, 3.05) is 26.3 Å². The summed E-state index contributed by atoms with van der Waals surface area (Å²) in [6.07, 6.45) is 3.57. The molecule has 1 aliphatic heterocycles. The highest BCUT2D eigenvalue weighted by Crippen LogP contribution is 2.19. The Morgan fingerprint density at radius 2 is 1.85 bits per heavy atom. The second-order valence-electron chi connectivity index (χ2n) is 5.94. The van der Waals surface area contributed by atoms with E-state index in [9.17, 15) is 13.2 Å². The maximum absolute atomic E-state index is 12.8. The van der Waals surface area contributed by atoms with E-state index >= 15 is 0 Å². The van der Waals surface area contributed by atoms with E-state index in [1.54, 1.807) is 36.4 Å². The topological polar surface area (TPSA) is 88.8 Å². The molecule has 3 rings (SSSR count). The van der Waals surface area contributed by atoms with Crippen molar-refractivity contribution in [3.05, 3.63) is 59.9 Å². The van der Waals surface area contributed by atoms with Gasteiger partial charge in [-0.1, -0.05) is 12.1 Å². The Hall–Kier alpha value is -2.42. The molecule has 1 aliphatic rings. The number of morpholine rings is 1. The Morgan fingerprint density at radius 3 is 2.50 bits per heavy atom. The third-order valence-electron chi connectivity index (χ3n) is 4.13. The molecule has 8 heteroatoms. The number of benzene rings is 1. The molecule has 7 nitrogen and oxygen atoms in total. The molecular formula is C18H20N2O5S. The zero-order valence-corrected chi connectivity index (χ0v) is 14.9. The van der Waals surface area contributed by atoms with Crippen molar-refractivity contribution >= 4 is 22.1 Å². The second-order valence-corrected chi connectivity index (χ2v) is 7.75. The summed E-state index contributed by atoms with van der Waals surface area (Å²) < 4.78 is 32.0. The van der Waals surface area contributed by atoms with Crippen LogP contribution in [0.3, 0.4) is 0 Å². The lowest BCUT2D eigenvalue weighted by Crippen LogP contribution is -2.35. The fourth-order valence-electron chi connectivity index (χ4n) is 2.78. The van der Waals surface area contributed by atoms with Crippen molar-refractivity contribution < 1.29 is 23.1 Å². The smallest absolute Gasteiger partial charge is 0.328 e. The van der Waals surface area contributed by atoms with Crippen LogP contribution < -0.4 is 0 Å². The Balaban J connectivity index is 1.79. The van der Waals surface area contributed by atoms with Gasteiger partial charge in [0.1, 0.15) is 0 Å². The van der Waals surface area contributed by atoms with Crippen LogP contribution in [0.4, 0.5) is 0 Å². The van der Waals surface area contributed by atoms with Gasteiger partial charge in [0.25, 0.3) is 10.0 Å². The van der Waals surface area contributed by atoms with Gasteiger partial charge in [0, 0.05) is 31.9 Å². The Morgan fingerprint density at radius 1 is 1.15 bits per heavy atom. The number of carbonyl (C=O) groups is 1. The summed E-state index contributed by atoms with van der Waals surface area (Å²) in [7, 11) is -3.79. The molecule has 0 saturated carbocycles. The number of aliphatic carboxylic acids is 1. The summed E-state index contributed by atoms with van der Waals surface area (Å²) in [5.74, 6) is -1.14. The normalized spacial score (nSPS) is 16.2. The minimum Gasteiger partial charge on any atom is -0.478 e. The van der Waals surface area contributed by atoms with Crippen LogP contribution in [-0.4, -0.2) is 54.7 Å². The molecule has 0 bridgehead atoms. The largest absolute Gasteiger partial charge is 0.478 e. The van der Waals surface area contributed by atoms with Gasteiger partial charge in [-0.15, -0.1) is 0 Å². The van der Waals surface area contributed by atoms with Gasteiger partial charge in [-0.2, -0.15) is 0 Å². The standard InChI is InChI=1S/C18H20N2O5S/c21-18(22)8-5-16-2-1-9-20(16)26(23,24)17-6-3-15(4-7-17)14-19-10-12-25-13-11-19/h1-9H,10-14H2,(H,21,22). The van der Waals surface area contributed by atoms with Crippen LogP contribution in [-0.2, 0) is 26.1 Å². The van der Waals surface area contributed by atoms with Gasteiger partial charge < -0.3 is 9.84 Å². The van der Waals surface area contributed by atoms with E-state index in [-0.39, 0.29) is 10.6 Å². The van der Waals surface area contributed by atoms with E-state index in [2.05, 4.69) is 4.90 Å². The summed E-state index contributed by atoms with van der Waals surface area (Å²) in [5.41, 5.74) is 1.31. The van der Waals surface area contributed by atoms with Crippen LogP contribution in [0, 0.1) is 0 Å². The third kappa shape index (κ3) is 4.21. The molecule has 1 N–H and O–H groups in total. The predicted molar refractivity (Wildman–Crippen MR) is 96.2 cm³/mol. The van der Waals surface area contributed by atoms with E-state index in [0.717, 1.165) is 35.2 Å². The fraction of sp³-hybridized carbons (Fsp3) is 0.278. The van der Waals surface area contributed by atoms with E-state index < -0.39 is 16.0 Å². The molecule has 0 amide bonds. The molecule has 138 valence electrons. The quantitative estimate of drug-likeness (QED) is 0.772. The van der Waals surface area contributed by atoms with Crippen molar-refractivity contribution in [3.63, 3.8) is 0 Å². The number of ether oxygens (including phenoxy) is 1. The van der Waals surface area contributed by atoms with E-state index in [0.29, 0.717) is 13.2 Å². The van der Waals surface area contributed by atoms with E-state index in [1.165, 1.54) is 12.3 Å². The molecule has 2 heterocycles. The lowest BCUT2D eigenvalue weighted by molar-refractivity contribution is -0.131. The first-order chi connectivity index (χ1) is 12.5. The summed E-state index contributed by atoms with van der Waals surface area (Å²) in [4.78, 5) is 13.1. The van der Waals surface area contributed by atoms with Crippen molar-refractivity contribution in [1.82, 2.24) is 8.87 Å². The number of aromatic nitrogens is 1. The average Bonchev–Trinajstić information content (AvgIpc) is 3.11. The monoisotopic (exact) mass is 376 g/mol. The molecule has 2 aromatic rings. The minimum atomic E-state index is -3.79. The molecule has 0 radical (unpaired) electrons. The first-order valence-corrected chi connectivity index (χ1v) is 9.64. The molecule has 1 saturated heterocycles. The molecule has 0 atom stereocenters. The van der Waals surface area contributed by atoms with Crippen LogP contribution in [0.1, 0.15) is 11.3 Å². The minimum absolute atomic E-state index is 0.157. The number of rotatable bonds is 6. The van der Waals surface area contributed by atoms with Crippen LogP contribution in [0.5, 0.6) is 0 Å². The highest BCUT2D eigenvalue weighted by atomic mass is 32.2. The molecule has 1 aromatic heterocycles. The van der Waals surface area contributed by atoms with Crippen LogP contribution in [0.2, 0.25) is 0 Å². The average molecular weight is 376 g/mol. The lowest BCUT2D eigenvalue weighted by atomic mass is 10.2. The predicted octanol–water partition coefficient (Wildman–Crippen LogP) is 1.66. The number of carboxylic acid groups (broad SMARTS) is 1. The zero-order chi connectivity index (χ0) is 18.6. The maximum Gasteiger partial charge on any atom is 0.328 e. The molecule has 26 heavy (non-hydrogen) atoms. The van der Waals surface area contributed by atoms with Crippen LogP contribution >= 0.6 is 0 Å². The van der Waals surface area contributed by atoms with Crippen molar-refractivity contribution in [1.29, 1.82) is 0 Å². The second kappa shape index (κ2) is 7.86. The lowest BCUT2D eigenvalue weighted by Gasteiger charge is -2.26. The van der Waals surface area contributed by atoms with Gasteiger partial charge >= 0.3 is 5.97 Å². The Bertz CT molecular complexity index is 894. The first kappa shape index (κ1) is 18.4. The SMILES string of the molecule is O=C(O)C=Cc1cccn1S(=O)(=O)c1ccc(CN2CCOCC2)cc1. The fourth-order valence-corrected chi connectivity index (χ4v) is 4.12. The van der Waals surface area contributed by atoms with Gasteiger partial charge in [0.2, 0.25) is 0 Å². The number of carboxylic acids is 1. The summed E-state index contributed by atoms with van der Waals surface area (Å²) in [6, 6.07) is 9.87. The summed E-state index contributed by atoms with van der Waals surface area (Å²) in [6.45, 7) is 3.91. The van der Waals surface area contributed by atoms with Crippen molar-refractivity contribution in [2.24, 2.45) is 0 Å². The van der Waals surface area contributed by atoms with Crippen LogP contribution in [0.15, 0.2) is 53.6 Å². The number of nitrogens with zero attached hydrogens (tertiary/aromatic N) is 2. The Kier molecular flexibility index (Phi) is 5.55. The highest BCUT2D eigenvalue weighted by Gasteiger charge is 2.19. The third-order valence-corrected chi connectivity index (χ3v) is 5.85. The van der Waals surface area contributed by atoms with E-state index in [4.69, 9.17) is 9.84 Å². The van der Waals surface area contributed by atoms with Gasteiger partial charge in [-0.3, -0.25) is 4.90 Å². The molecular weight excluding hydrogens is 356 g/mol. The summed E-state index contributed by atoms with van der Waals surface area (Å²) >= 11 is 0. The molecule has 0 aliphatic carbocycles. The van der Waals surface area contributed by atoms with Crippen molar-refractivity contribution in [3.8, 4) is 0 Å².